The van der Waals surface area contributed by atoms with Gasteiger partial charge in [-0.2, -0.15) is 0 Å². The van der Waals surface area contributed by atoms with Crippen molar-refractivity contribution >= 4 is 0 Å². The van der Waals surface area contributed by atoms with Gasteiger partial charge < -0.3 is 4.74 Å². The molecule has 0 aliphatic rings. The number of hydrogen-bond donors (Lipinski definition) is 0. The average Bonchev–Trinajstić information content (AvgIpc) is 2.79. The maximum atomic E-state index is 5.43. The summed E-state index contributed by atoms with van der Waals surface area (Å²) >= 11 is 0. The lowest BCUT2D eigenvalue weighted by Gasteiger charge is -2.06. The van der Waals surface area contributed by atoms with Crippen LogP contribution in [0.3, 0.4) is 0 Å². The Kier molecular flexibility index (Phi) is 14.9. The highest BCUT2D eigenvalue weighted by Gasteiger charge is 1.95. The number of rotatable bonds is 8. The van der Waals surface area contributed by atoms with Gasteiger partial charge in [0.2, 0.25) is 0 Å². The van der Waals surface area contributed by atoms with Gasteiger partial charge in [-0.15, -0.1) is 0 Å². The Hall–Kier alpha value is -2.38. The van der Waals surface area contributed by atoms with Crippen LogP contribution in [0, 0.1) is 11.8 Å². The Labute approximate surface area is 197 Å². The molecule has 0 fully saturated rings. The summed E-state index contributed by atoms with van der Waals surface area (Å²) < 4.78 is 5.43. The lowest BCUT2D eigenvalue weighted by molar-refractivity contribution is 0.0657. The summed E-state index contributed by atoms with van der Waals surface area (Å²) in [5.74, 6) is 1.58. The molecule has 3 aromatic carbocycles. The molecule has 0 unspecified atom stereocenters. The van der Waals surface area contributed by atoms with Crippen LogP contribution in [-0.2, 0) is 24.2 Å². The SMILES string of the molecule is CC(C)CCc1ccccc1.CC(C)Cc1ccccc1.CC(C)OCc1ccccc1. The number of benzene rings is 3. The van der Waals surface area contributed by atoms with E-state index in [0.717, 1.165) is 18.4 Å². The van der Waals surface area contributed by atoms with Crippen LogP contribution in [0.5, 0.6) is 0 Å². The third-order valence-electron chi connectivity index (χ3n) is 4.77. The van der Waals surface area contributed by atoms with E-state index in [1.54, 1.807) is 0 Å². The monoisotopic (exact) mass is 432 g/mol. The maximum Gasteiger partial charge on any atom is 0.0720 e. The zero-order valence-electron chi connectivity index (χ0n) is 21.1. The first-order chi connectivity index (χ1) is 15.4. The highest BCUT2D eigenvalue weighted by molar-refractivity contribution is 5.15. The molecule has 0 aromatic heterocycles. The zero-order chi connectivity index (χ0) is 23.6. The lowest BCUT2D eigenvalue weighted by atomic mass is 10.0. The molecule has 0 radical (unpaired) electrons. The lowest BCUT2D eigenvalue weighted by Crippen LogP contribution is -2.01. The highest BCUT2D eigenvalue weighted by Crippen LogP contribution is 2.08. The molecule has 0 bridgehead atoms. The molecule has 3 aromatic rings. The van der Waals surface area contributed by atoms with Gasteiger partial charge in [-0.25, -0.2) is 0 Å². The minimum absolute atomic E-state index is 0.315. The van der Waals surface area contributed by atoms with Crippen molar-refractivity contribution in [2.45, 2.75) is 73.5 Å². The van der Waals surface area contributed by atoms with Crippen molar-refractivity contribution < 1.29 is 4.74 Å². The van der Waals surface area contributed by atoms with Gasteiger partial charge in [0.1, 0.15) is 0 Å². The quantitative estimate of drug-likeness (QED) is 0.345. The second-order valence-corrected chi connectivity index (χ2v) is 9.35. The third kappa shape index (κ3) is 15.4. The van der Waals surface area contributed by atoms with Crippen LogP contribution in [0.4, 0.5) is 0 Å². The van der Waals surface area contributed by atoms with Crippen molar-refractivity contribution in [1.82, 2.24) is 0 Å². The Bertz CT molecular complexity index is 729. The molecule has 1 heteroatoms. The van der Waals surface area contributed by atoms with Crippen molar-refractivity contribution in [3.05, 3.63) is 108 Å². The predicted octanol–water partition coefficient (Wildman–Crippen LogP) is 8.77. The predicted molar refractivity (Wildman–Crippen MR) is 141 cm³/mol. The topological polar surface area (TPSA) is 9.23 Å². The molecule has 0 saturated heterocycles. The second kappa shape index (κ2) is 17.2. The summed E-state index contributed by atoms with van der Waals surface area (Å²) in [6.07, 6.45) is 4.03. The molecular formula is C31H44O. The van der Waals surface area contributed by atoms with Crippen LogP contribution in [0.15, 0.2) is 91.0 Å². The smallest absolute Gasteiger partial charge is 0.0720 e. The zero-order valence-corrected chi connectivity index (χ0v) is 21.1. The summed E-state index contributed by atoms with van der Waals surface area (Å²) in [4.78, 5) is 0. The largest absolute Gasteiger partial charge is 0.374 e. The molecule has 0 spiro atoms. The van der Waals surface area contributed by atoms with Gasteiger partial charge in [0.25, 0.3) is 0 Å². The van der Waals surface area contributed by atoms with Crippen LogP contribution >= 0.6 is 0 Å². The van der Waals surface area contributed by atoms with E-state index in [-0.39, 0.29) is 0 Å². The van der Waals surface area contributed by atoms with E-state index in [9.17, 15) is 0 Å². The molecule has 32 heavy (non-hydrogen) atoms. The molecule has 1 nitrogen and oxygen atoms in total. The average molecular weight is 433 g/mol. The van der Waals surface area contributed by atoms with Gasteiger partial charge in [0.05, 0.1) is 12.7 Å². The van der Waals surface area contributed by atoms with E-state index < -0.39 is 0 Å². The highest BCUT2D eigenvalue weighted by atomic mass is 16.5. The molecule has 174 valence electrons. The van der Waals surface area contributed by atoms with Crippen LogP contribution < -0.4 is 0 Å². The Morgan fingerprint density at radius 2 is 0.969 bits per heavy atom. The Morgan fingerprint density at radius 1 is 0.531 bits per heavy atom. The first-order valence-corrected chi connectivity index (χ1v) is 12.1. The van der Waals surface area contributed by atoms with Crippen molar-refractivity contribution in [3.8, 4) is 0 Å². The second-order valence-electron chi connectivity index (χ2n) is 9.35. The Morgan fingerprint density at radius 3 is 1.38 bits per heavy atom. The van der Waals surface area contributed by atoms with E-state index in [2.05, 4.69) is 100 Å². The molecule has 0 amide bonds. The van der Waals surface area contributed by atoms with Crippen molar-refractivity contribution in [2.75, 3.05) is 0 Å². The molecule has 3 rings (SSSR count). The summed E-state index contributed by atoms with van der Waals surface area (Å²) in [5, 5.41) is 0. The molecule has 0 heterocycles. The Balaban J connectivity index is 0.000000240. The van der Waals surface area contributed by atoms with Gasteiger partial charge in [-0.1, -0.05) is 119 Å². The first-order valence-electron chi connectivity index (χ1n) is 12.1. The van der Waals surface area contributed by atoms with Gasteiger partial charge in [0.15, 0.2) is 0 Å². The van der Waals surface area contributed by atoms with Gasteiger partial charge in [-0.05, 0) is 61.6 Å². The summed E-state index contributed by atoms with van der Waals surface area (Å²) in [5.41, 5.74) is 4.14. The van der Waals surface area contributed by atoms with Crippen LogP contribution in [0.25, 0.3) is 0 Å². The van der Waals surface area contributed by atoms with E-state index in [1.165, 1.54) is 36.0 Å². The van der Waals surface area contributed by atoms with Crippen molar-refractivity contribution in [3.63, 3.8) is 0 Å². The standard InChI is InChI=1S/C11H16.C10H14O.C10H14/c1-10(2)8-9-11-6-4-3-5-7-11;1-9(2)11-8-10-6-4-3-5-7-10;1-9(2)8-10-6-4-3-5-7-10/h3-7,10H,8-9H2,1-2H3;3-7,9H,8H2,1-2H3;3-7,9H,8H2,1-2H3. The fourth-order valence-electron chi connectivity index (χ4n) is 3.02. The number of ether oxygens (including phenoxy) is 1. The van der Waals surface area contributed by atoms with Crippen LogP contribution in [0.2, 0.25) is 0 Å². The molecule has 0 atom stereocenters. The van der Waals surface area contributed by atoms with E-state index in [0.29, 0.717) is 6.10 Å². The molecule has 0 N–H and O–H groups in total. The summed E-state index contributed by atoms with van der Waals surface area (Å²) in [6.45, 7) is 13.8. The minimum atomic E-state index is 0.315. The van der Waals surface area contributed by atoms with Gasteiger partial charge in [0, 0.05) is 0 Å². The fourth-order valence-corrected chi connectivity index (χ4v) is 3.02. The maximum absolute atomic E-state index is 5.43. The van der Waals surface area contributed by atoms with Crippen LogP contribution in [0.1, 0.15) is 64.7 Å². The molecule has 0 saturated carbocycles. The first kappa shape index (κ1) is 27.7. The van der Waals surface area contributed by atoms with E-state index >= 15 is 0 Å². The summed E-state index contributed by atoms with van der Waals surface area (Å²) in [7, 11) is 0. The van der Waals surface area contributed by atoms with E-state index in [4.69, 9.17) is 4.74 Å². The third-order valence-corrected chi connectivity index (χ3v) is 4.77. The normalized spacial score (nSPS) is 10.4. The van der Waals surface area contributed by atoms with Crippen LogP contribution in [-0.4, -0.2) is 6.10 Å². The molecule has 0 aliphatic carbocycles. The van der Waals surface area contributed by atoms with E-state index in [1.807, 2.05) is 32.0 Å². The van der Waals surface area contributed by atoms with Crippen molar-refractivity contribution in [1.29, 1.82) is 0 Å². The minimum Gasteiger partial charge on any atom is -0.374 e. The number of aryl methyl sites for hydroxylation is 1. The van der Waals surface area contributed by atoms with Gasteiger partial charge in [-0.3, -0.25) is 0 Å². The van der Waals surface area contributed by atoms with Gasteiger partial charge >= 0.3 is 0 Å². The molecule has 0 aliphatic heterocycles. The van der Waals surface area contributed by atoms with Crippen molar-refractivity contribution in [2.24, 2.45) is 11.8 Å². The molecular weight excluding hydrogens is 388 g/mol. The fraction of sp³-hybridized carbons (Fsp3) is 0.419. The summed E-state index contributed by atoms with van der Waals surface area (Å²) in [6, 6.07) is 31.5. The number of hydrogen-bond acceptors (Lipinski definition) is 1.